The minimum absolute atomic E-state index is 0. The van der Waals surface area contributed by atoms with Crippen molar-refractivity contribution in [1.82, 2.24) is 15.6 Å². The van der Waals surface area contributed by atoms with E-state index in [-0.39, 0.29) is 29.4 Å². The Morgan fingerprint density at radius 2 is 2.19 bits per heavy atom. The van der Waals surface area contributed by atoms with E-state index in [0.29, 0.717) is 18.4 Å². The molecule has 0 bridgehead atoms. The first-order valence-corrected chi connectivity index (χ1v) is 9.04. The second-order valence-electron chi connectivity index (χ2n) is 7.38. The molecule has 1 saturated heterocycles. The third-order valence-electron chi connectivity index (χ3n) is 4.06. The Kier molecular flexibility index (Phi) is 10.5. The van der Waals surface area contributed by atoms with Crippen LogP contribution in [0.1, 0.15) is 45.3 Å². The van der Waals surface area contributed by atoms with Gasteiger partial charge in [0.25, 0.3) is 0 Å². The largest absolute Gasteiger partial charge is 0.443 e. The monoisotopic (exact) mass is 480 g/mol. The van der Waals surface area contributed by atoms with Gasteiger partial charge in [-0.25, -0.2) is 4.98 Å². The molecular weight excluding hydrogens is 447 g/mol. The Labute approximate surface area is 173 Å². The summed E-state index contributed by atoms with van der Waals surface area (Å²) in [4.78, 5) is 8.51. The molecule has 1 atom stereocenters. The van der Waals surface area contributed by atoms with Crippen molar-refractivity contribution in [1.29, 1.82) is 0 Å². The number of aromatic nitrogens is 1. The van der Waals surface area contributed by atoms with E-state index in [0.717, 1.165) is 57.5 Å². The van der Waals surface area contributed by atoms with Gasteiger partial charge < -0.3 is 24.5 Å². The van der Waals surface area contributed by atoms with Crippen molar-refractivity contribution >= 4 is 29.9 Å². The number of aliphatic imine (C=N–C) groups is 1. The third kappa shape index (κ3) is 8.22. The van der Waals surface area contributed by atoms with Gasteiger partial charge in [0.2, 0.25) is 5.89 Å². The van der Waals surface area contributed by atoms with Crippen LogP contribution in [0.2, 0.25) is 0 Å². The molecule has 2 heterocycles. The fourth-order valence-corrected chi connectivity index (χ4v) is 2.46. The molecular formula is C18H33IN4O3. The van der Waals surface area contributed by atoms with E-state index < -0.39 is 0 Å². The summed E-state index contributed by atoms with van der Waals surface area (Å²) < 4.78 is 16.8. The number of nitrogens with zero attached hydrogens (tertiary/aromatic N) is 2. The Bertz CT molecular complexity index is 537. The fraction of sp³-hybridized carbons (Fsp3) is 0.778. The number of oxazole rings is 1. The number of ether oxygens (including phenoxy) is 2. The minimum atomic E-state index is -0.0319. The first-order chi connectivity index (χ1) is 12.0. The highest BCUT2D eigenvalue weighted by atomic mass is 127. The second kappa shape index (κ2) is 11.8. The van der Waals surface area contributed by atoms with Crippen molar-refractivity contribution in [2.24, 2.45) is 10.9 Å². The topological polar surface area (TPSA) is 80.9 Å². The summed E-state index contributed by atoms with van der Waals surface area (Å²) in [5.74, 6) is 2.85. The molecule has 1 aliphatic heterocycles. The molecule has 0 aliphatic carbocycles. The quantitative estimate of drug-likeness (QED) is 0.258. The van der Waals surface area contributed by atoms with Crippen molar-refractivity contribution < 1.29 is 13.9 Å². The average Bonchev–Trinajstić information content (AvgIpc) is 3.24. The summed E-state index contributed by atoms with van der Waals surface area (Å²) >= 11 is 0. The van der Waals surface area contributed by atoms with Crippen LogP contribution in [0.15, 0.2) is 15.6 Å². The van der Waals surface area contributed by atoms with Crippen LogP contribution in [0.5, 0.6) is 0 Å². The van der Waals surface area contributed by atoms with E-state index in [4.69, 9.17) is 13.9 Å². The molecule has 1 aromatic heterocycles. The van der Waals surface area contributed by atoms with E-state index in [2.05, 4.69) is 41.4 Å². The highest BCUT2D eigenvalue weighted by molar-refractivity contribution is 14.0. The van der Waals surface area contributed by atoms with Gasteiger partial charge in [0, 0.05) is 38.1 Å². The zero-order valence-corrected chi connectivity index (χ0v) is 18.7. The van der Waals surface area contributed by atoms with Crippen LogP contribution in [0.25, 0.3) is 0 Å². The third-order valence-corrected chi connectivity index (χ3v) is 4.06. The lowest BCUT2D eigenvalue weighted by Crippen LogP contribution is -2.37. The first-order valence-electron chi connectivity index (χ1n) is 9.04. The van der Waals surface area contributed by atoms with Crippen molar-refractivity contribution in [2.75, 3.05) is 40.0 Å². The molecule has 1 aromatic rings. The minimum Gasteiger partial charge on any atom is -0.443 e. The first kappa shape index (κ1) is 23.2. The SMILES string of the molecule is CN=C(NCCCOCC1CCOC1)NCc1ncc(C(C)(C)C)o1.I. The van der Waals surface area contributed by atoms with Crippen LogP contribution in [0, 0.1) is 5.92 Å². The van der Waals surface area contributed by atoms with E-state index in [1.54, 1.807) is 13.2 Å². The predicted molar refractivity (Wildman–Crippen MR) is 113 cm³/mol. The summed E-state index contributed by atoms with van der Waals surface area (Å²) in [5, 5.41) is 6.48. The molecule has 2 N–H and O–H groups in total. The maximum Gasteiger partial charge on any atom is 0.213 e. The molecule has 1 unspecified atom stereocenters. The molecule has 150 valence electrons. The maximum absolute atomic E-state index is 5.76. The molecule has 26 heavy (non-hydrogen) atoms. The second-order valence-corrected chi connectivity index (χ2v) is 7.38. The number of hydrogen-bond donors (Lipinski definition) is 2. The number of nitrogens with one attached hydrogen (secondary N) is 2. The van der Waals surface area contributed by atoms with Crippen LogP contribution in [-0.2, 0) is 21.4 Å². The van der Waals surface area contributed by atoms with E-state index in [1.807, 2.05) is 0 Å². The molecule has 0 amide bonds. The molecule has 7 nitrogen and oxygen atoms in total. The summed E-state index contributed by atoms with van der Waals surface area (Å²) in [6.45, 7) is 10.9. The lowest BCUT2D eigenvalue weighted by molar-refractivity contribution is 0.0888. The lowest BCUT2D eigenvalue weighted by atomic mass is 9.94. The summed E-state index contributed by atoms with van der Waals surface area (Å²) in [6.07, 6.45) is 3.84. The summed E-state index contributed by atoms with van der Waals surface area (Å²) in [5.41, 5.74) is -0.0319. The molecule has 0 saturated carbocycles. The highest BCUT2D eigenvalue weighted by Gasteiger charge is 2.19. The number of hydrogen-bond acceptors (Lipinski definition) is 5. The van der Waals surface area contributed by atoms with E-state index >= 15 is 0 Å². The van der Waals surface area contributed by atoms with Crippen molar-refractivity contribution in [3.05, 3.63) is 17.8 Å². The lowest BCUT2D eigenvalue weighted by Gasteiger charge is -2.13. The van der Waals surface area contributed by atoms with Crippen molar-refractivity contribution in [2.45, 2.75) is 45.6 Å². The van der Waals surface area contributed by atoms with E-state index in [1.165, 1.54) is 0 Å². The number of halogens is 1. The van der Waals surface area contributed by atoms with Gasteiger partial charge >= 0.3 is 0 Å². The molecule has 0 aromatic carbocycles. The van der Waals surface area contributed by atoms with Crippen molar-refractivity contribution in [3.8, 4) is 0 Å². The van der Waals surface area contributed by atoms with Crippen LogP contribution < -0.4 is 10.6 Å². The molecule has 1 aliphatic rings. The van der Waals surface area contributed by atoms with Gasteiger partial charge in [-0.2, -0.15) is 0 Å². The summed E-state index contributed by atoms with van der Waals surface area (Å²) in [6, 6.07) is 0. The summed E-state index contributed by atoms with van der Waals surface area (Å²) in [7, 11) is 1.75. The zero-order valence-electron chi connectivity index (χ0n) is 16.3. The average molecular weight is 480 g/mol. The maximum atomic E-state index is 5.76. The van der Waals surface area contributed by atoms with Gasteiger partial charge in [-0.3, -0.25) is 4.99 Å². The molecule has 1 fully saturated rings. The smallest absolute Gasteiger partial charge is 0.213 e. The molecule has 2 rings (SSSR count). The van der Waals surface area contributed by atoms with Crippen molar-refractivity contribution in [3.63, 3.8) is 0 Å². The Morgan fingerprint density at radius 1 is 1.38 bits per heavy atom. The fourth-order valence-electron chi connectivity index (χ4n) is 2.46. The Balaban J connectivity index is 0.00000338. The van der Waals surface area contributed by atoms with Gasteiger partial charge in [0.05, 0.1) is 26.0 Å². The predicted octanol–water partition coefficient (Wildman–Crippen LogP) is 2.70. The molecule has 8 heteroatoms. The normalized spacial score (nSPS) is 17.8. The van der Waals surface area contributed by atoms with Crippen LogP contribution in [-0.4, -0.2) is 51.0 Å². The van der Waals surface area contributed by atoms with Gasteiger partial charge in [-0.05, 0) is 12.8 Å². The number of rotatable bonds is 8. The van der Waals surface area contributed by atoms with Crippen LogP contribution in [0.4, 0.5) is 0 Å². The van der Waals surface area contributed by atoms with E-state index in [9.17, 15) is 0 Å². The molecule has 0 spiro atoms. The standard InChI is InChI=1S/C18H32N4O3.HI/c1-18(2,3)15-10-21-16(25-15)11-22-17(19-4)20-7-5-8-23-12-14-6-9-24-13-14;/h10,14H,5-9,11-13H2,1-4H3,(H2,19,20,22);1H. The zero-order chi connectivity index (χ0) is 18.1. The highest BCUT2D eigenvalue weighted by Crippen LogP contribution is 2.22. The Hall–Kier alpha value is -0.870. The van der Waals surface area contributed by atoms with Crippen LogP contribution >= 0.6 is 24.0 Å². The molecule has 0 radical (unpaired) electrons. The van der Waals surface area contributed by atoms with Gasteiger partial charge in [-0.1, -0.05) is 20.8 Å². The van der Waals surface area contributed by atoms with Gasteiger partial charge in [-0.15, -0.1) is 24.0 Å². The van der Waals surface area contributed by atoms with Gasteiger partial charge in [0.15, 0.2) is 5.96 Å². The van der Waals surface area contributed by atoms with Gasteiger partial charge in [0.1, 0.15) is 5.76 Å². The Morgan fingerprint density at radius 3 is 2.81 bits per heavy atom. The van der Waals surface area contributed by atoms with Crippen LogP contribution in [0.3, 0.4) is 0 Å². The number of guanidine groups is 1.